The van der Waals surface area contributed by atoms with Gasteiger partial charge >= 0.3 is 0 Å². The topological polar surface area (TPSA) is 49.3 Å². The van der Waals surface area contributed by atoms with E-state index in [2.05, 4.69) is 14.9 Å². The number of nitrogens with zero attached hydrogens (tertiary/aromatic N) is 4. The van der Waals surface area contributed by atoms with Gasteiger partial charge in [-0.2, -0.15) is 0 Å². The van der Waals surface area contributed by atoms with Crippen LogP contribution in [0.3, 0.4) is 0 Å². The standard InChI is InChI=1S/C20H23ClN4O/c1-15-10-18(23-14-22-15)24-8-6-20(7-9-24)11-19(26)25(13-20)12-16-2-4-17(21)5-3-16/h2-5,10,14H,6-9,11-13H2,1H3. The average molecular weight is 371 g/mol. The number of halogens is 1. The zero-order valence-corrected chi connectivity index (χ0v) is 15.7. The summed E-state index contributed by atoms with van der Waals surface area (Å²) in [5.41, 5.74) is 2.23. The number of aryl methyl sites for hydroxylation is 1. The molecule has 6 heteroatoms. The maximum Gasteiger partial charge on any atom is 0.223 e. The molecule has 2 aromatic rings. The lowest BCUT2D eigenvalue weighted by molar-refractivity contribution is -0.128. The summed E-state index contributed by atoms with van der Waals surface area (Å²) in [4.78, 5) is 25.5. The number of carbonyl (C=O) groups is 1. The number of likely N-dealkylation sites (tertiary alicyclic amines) is 1. The first-order valence-electron chi connectivity index (χ1n) is 9.09. The number of carbonyl (C=O) groups excluding carboxylic acids is 1. The Morgan fingerprint density at radius 1 is 1.15 bits per heavy atom. The molecule has 26 heavy (non-hydrogen) atoms. The third kappa shape index (κ3) is 3.54. The Balaban J connectivity index is 1.40. The Bertz CT molecular complexity index is 800. The van der Waals surface area contributed by atoms with E-state index in [4.69, 9.17) is 11.6 Å². The molecule has 1 aromatic heterocycles. The summed E-state index contributed by atoms with van der Waals surface area (Å²) in [6.45, 7) is 5.40. The van der Waals surface area contributed by atoms with Crippen molar-refractivity contribution in [1.82, 2.24) is 14.9 Å². The third-order valence-electron chi connectivity index (χ3n) is 5.63. The zero-order valence-electron chi connectivity index (χ0n) is 15.0. The molecule has 0 unspecified atom stereocenters. The Morgan fingerprint density at radius 3 is 2.58 bits per heavy atom. The lowest BCUT2D eigenvalue weighted by Gasteiger charge is -2.39. The number of hydrogen-bond acceptors (Lipinski definition) is 4. The van der Waals surface area contributed by atoms with Crippen LogP contribution in [0.15, 0.2) is 36.7 Å². The summed E-state index contributed by atoms with van der Waals surface area (Å²) < 4.78 is 0. The molecule has 1 aromatic carbocycles. The fourth-order valence-electron chi connectivity index (χ4n) is 4.09. The number of aromatic nitrogens is 2. The Hall–Kier alpha value is -2.14. The number of anilines is 1. The van der Waals surface area contributed by atoms with Gasteiger partial charge in [-0.1, -0.05) is 23.7 Å². The summed E-state index contributed by atoms with van der Waals surface area (Å²) in [5, 5.41) is 0.727. The van der Waals surface area contributed by atoms with Crippen LogP contribution in [0.2, 0.25) is 5.02 Å². The summed E-state index contributed by atoms with van der Waals surface area (Å²) in [6, 6.07) is 9.80. The maximum atomic E-state index is 12.6. The predicted octanol–water partition coefficient (Wildman–Crippen LogP) is 3.46. The molecule has 0 atom stereocenters. The van der Waals surface area contributed by atoms with Crippen LogP contribution in [0, 0.1) is 12.3 Å². The Kier molecular flexibility index (Phi) is 4.57. The zero-order chi connectivity index (χ0) is 18.1. The third-order valence-corrected chi connectivity index (χ3v) is 5.88. The molecule has 0 saturated carbocycles. The predicted molar refractivity (Wildman–Crippen MR) is 102 cm³/mol. The van der Waals surface area contributed by atoms with Crippen LogP contribution in [-0.2, 0) is 11.3 Å². The summed E-state index contributed by atoms with van der Waals surface area (Å²) >= 11 is 5.95. The van der Waals surface area contributed by atoms with Crippen LogP contribution in [-0.4, -0.2) is 40.4 Å². The van der Waals surface area contributed by atoms with Gasteiger partial charge in [0.05, 0.1) is 0 Å². The molecule has 1 amide bonds. The minimum absolute atomic E-state index is 0.113. The second-order valence-electron chi connectivity index (χ2n) is 7.56. The van der Waals surface area contributed by atoms with Crippen molar-refractivity contribution < 1.29 is 4.79 Å². The highest BCUT2D eigenvalue weighted by atomic mass is 35.5. The second kappa shape index (κ2) is 6.88. The first kappa shape index (κ1) is 17.3. The SMILES string of the molecule is Cc1cc(N2CCC3(CC2)CC(=O)N(Cc2ccc(Cl)cc2)C3)ncn1. The first-order valence-corrected chi connectivity index (χ1v) is 9.47. The van der Waals surface area contributed by atoms with Gasteiger partial charge in [0.25, 0.3) is 0 Å². The lowest BCUT2D eigenvalue weighted by atomic mass is 9.77. The van der Waals surface area contributed by atoms with Crippen LogP contribution >= 0.6 is 11.6 Å². The van der Waals surface area contributed by atoms with E-state index in [0.29, 0.717) is 13.0 Å². The van der Waals surface area contributed by atoms with E-state index in [0.717, 1.165) is 54.6 Å². The Morgan fingerprint density at radius 2 is 1.88 bits per heavy atom. The van der Waals surface area contributed by atoms with Crippen molar-refractivity contribution in [3.05, 3.63) is 52.9 Å². The lowest BCUT2D eigenvalue weighted by Crippen LogP contribution is -2.42. The number of amides is 1. The molecular weight excluding hydrogens is 348 g/mol. The van der Waals surface area contributed by atoms with Gasteiger partial charge in [-0.25, -0.2) is 9.97 Å². The molecule has 0 bridgehead atoms. The van der Waals surface area contributed by atoms with Gasteiger partial charge < -0.3 is 9.80 Å². The van der Waals surface area contributed by atoms with E-state index in [1.807, 2.05) is 42.2 Å². The smallest absolute Gasteiger partial charge is 0.223 e. The van der Waals surface area contributed by atoms with Gasteiger partial charge in [0.2, 0.25) is 5.91 Å². The molecule has 2 fully saturated rings. The molecule has 136 valence electrons. The molecular formula is C20H23ClN4O. The van der Waals surface area contributed by atoms with Crippen LogP contribution in [0.5, 0.6) is 0 Å². The van der Waals surface area contributed by atoms with Crippen molar-refractivity contribution in [3.63, 3.8) is 0 Å². The largest absolute Gasteiger partial charge is 0.356 e. The van der Waals surface area contributed by atoms with Crippen molar-refractivity contribution in [2.45, 2.75) is 32.7 Å². The minimum atomic E-state index is 0.113. The van der Waals surface area contributed by atoms with E-state index in [1.165, 1.54) is 0 Å². The van der Waals surface area contributed by atoms with Crippen LogP contribution in [0.25, 0.3) is 0 Å². The summed E-state index contributed by atoms with van der Waals surface area (Å²) in [7, 11) is 0. The van der Waals surface area contributed by atoms with Gasteiger partial charge in [-0.3, -0.25) is 4.79 Å². The molecule has 2 saturated heterocycles. The highest BCUT2D eigenvalue weighted by molar-refractivity contribution is 6.30. The molecule has 2 aliphatic rings. The molecule has 2 aliphatic heterocycles. The summed E-state index contributed by atoms with van der Waals surface area (Å²) in [5.74, 6) is 1.26. The van der Waals surface area contributed by atoms with Gasteiger partial charge in [-0.05, 0) is 37.5 Å². The number of rotatable bonds is 3. The fraction of sp³-hybridized carbons (Fsp3) is 0.450. The molecule has 5 nitrogen and oxygen atoms in total. The average Bonchev–Trinajstić information content (AvgIpc) is 2.92. The van der Waals surface area contributed by atoms with E-state index >= 15 is 0 Å². The highest BCUT2D eigenvalue weighted by Gasteiger charge is 2.44. The quantitative estimate of drug-likeness (QED) is 0.830. The monoisotopic (exact) mass is 370 g/mol. The van der Waals surface area contributed by atoms with Gasteiger partial charge in [0.1, 0.15) is 12.1 Å². The molecule has 0 radical (unpaired) electrons. The molecule has 0 aliphatic carbocycles. The fourth-order valence-corrected chi connectivity index (χ4v) is 4.22. The van der Waals surface area contributed by atoms with Crippen molar-refractivity contribution in [3.8, 4) is 0 Å². The molecule has 1 spiro atoms. The van der Waals surface area contributed by atoms with Crippen LogP contribution in [0.4, 0.5) is 5.82 Å². The van der Waals surface area contributed by atoms with Crippen molar-refractivity contribution >= 4 is 23.3 Å². The molecule has 4 rings (SSSR count). The second-order valence-corrected chi connectivity index (χ2v) is 7.99. The molecule has 0 N–H and O–H groups in total. The number of benzene rings is 1. The number of piperidine rings is 1. The highest BCUT2D eigenvalue weighted by Crippen LogP contribution is 2.42. The minimum Gasteiger partial charge on any atom is -0.356 e. The van der Waals surface area contributed by atoms with E-state index in [1.54, 1.807) is 6.33 Å². The van der Waals surface area contributed by atoms with Crippen LogP contribution in [0.1, 0.15) is 30.5 Å². The van der Waals surface area contributed by atoms with Crippen LogP contribution < -0.4 is 4.90 Å². The van der Waals surface area contributed by atoms with Crippen molar-refractivity contribution in [2.75, 3.05) is 24.5 Å². The van der Waals surface area contributed by atoms with Crippen molar-refractivity contribution in [2.24, 2.45) is 5.41 Å². The Labute approximate surface area is 159 Å². The van der Waals surface area contributed by atoms with Gasteiger partial charge in [-0.15, -0.1) is 0 Å². The van der Waals surface area contributed by atoms with Gasteiger partial charge in [0.15, 0.2) is 0 Å². The maximum absolute atomic E-state index is 12.6. The van der Waals surface area contributed by atoms with E-state index in [-0.39, 0.29) is 11.3 Å². The normalized spacial score (nSPS) is 19.4. The number of hydrogen-bond donors (Lipinski definition) is 0. The van der Waals surface area contributed by atoms with E-state index in [9.17, 15) is 4.79 Å². The molecule has 3 heterocycles. The summed E-state index contributed by atoms with van der Waals surface area (Å²) in [6.07, 6.45) is 4.34. The van der Waals surface area contributed by atoms with E-state index < -0.39 is 0 Å². The van der Waals surface area contributed by atoms with Gasteiger partial charge in [0, 0.05) is 54.8 Å². The first-order chi connectivity index (χ1) is 12.5. The van der Waals surface area contributed by atoms with Crippen molar-refractivity contribution in [1.29, 1.82) is 0 Å².